The van der Waals surface area contributed by atoms with Gasteiger partial charge in [-0.3, -0.25) is 4.79 Å². The van der Waals surface area contributed by atoms with Crippen molar-refractivity contribution in [3.05, 3.63) is 12.2 Å². The smallest absolute Gasteiger partial charge is 0.313 e. The number of aliphatic carboxylic acids is 1. The van der Waals surface area contributed by atoms with E-state index in [0.29, 0.717) is 6.61 Å². The Balaban J connectivity index is 2.32. The van der Waals surface area contributed by atoms with Gasteiger partial charge in [-0.15, -0.1) is 0 Å². The predicted octanol–water partition coefficient (Wildman–Crippen LogP) is -0.118. The number of unbranched alkanes of at least 4 members (excludes halogenated alkanes) is 1. The van der Waals surface area contributed by atoms with Crippen molar-refractivity contribution in [2.24, 2.45) is 11.8 Å². The molecule has 0 spiro atoms. The molecule has 1 aliphatic carbocycles. The fraction of sp³-hybridized carbons (Fsp3) is 0.600. The molecule has 0 aromatic carbocycles. The molecule has 1 rings (SSSR count). The average Bonchev–Trinajstić information content (AvgIpc) is 2.01. The van der Waals surface area contributed by atoms with Gasteiger partial charge in [-0.25, -0.2) is 0 Å². The number of carbonyl (C=O) groups is 2. The van der Waals surface area contributed by atoms with E-state index in [2.05, 4.69) is 0 Å². The lowest BCUT2D eigenvalue weighted by Crippen LogP contribution is -2.41. The third-order valence-electron chi connectivity index (χ3n) is 2.20. The Hall–Kier alpha value is -1.32. The van der Waals surface area contributed by atoms with Gasteiger partial charge in [0.15, 0.2) is 0 Å². The van der Waals surface area contributed by atoms with Crippen LogP contribution in [0.5, 0.6) is 0 Å². The lowest BCUT2D eigenvalue weighted by atomic mass is 9.82. The molecule has 1 aliphatic rings. The first-order valence-corrected chi connectivity index (χ1v) is 4.72. The van der Waals surface area contributed by atoms with E-state index in [0.717, 1.165) is 12.8 Å². The van der Waals surface area contributed by atoms with Crippen molar-refractivity contribution in [1.82, 2.24) is 0 Å². The number of esters is 1. The van der Waals surface area contributed by atoms with Crippen molar-refractivity contribution in [1.29, 1.82) is 0 Å². The van der Waals surface area contributed by atoms with E-state index < -0.39 is 23.8 Å². The molecule has 0 amide bonds. The molecule has 0 fully saturated rings. The van der Waals surface area contributed by atoms with E-state index in [9.17, 15) is 14.7 Å². The number of carbonyl (C=O) groups excluding carboxylic acids is 2. The summed E-state index contributed by atoms with van der Waals surface area (Å²) in [4.78, 5) is 21.7. The second-order valence-electron chi connectivity index (χ2n) is 3.28. The maximum absolute atomic E-state index is 11.3. The molecule has 0 aromatic rings. The van der Waals surface area contributed by atoms with E-state index >= 15 is 0 Å². The van der Waals surface area contributed by atoms with Gasteiger partial charge in [-0.2, -0.15) is 0 Å². The van der Waals surface area contributed by atoms with Gasteiger partial charge in [-0.05, 0) is 6.42 Å². The summed E-state index contributed by atoms with van der Waals surface area (Å²) in [6.45, 7) is 2.35. The first-order valence-electron chi connectivity index (χ1n) is 4.72. The average molecular weight is 197 g/mol. The second-order valence-corrected chi connectivity index (χ2v) is 3.28. The standard InChI is InChI=1S/C10H14O4/c1-2-3-6-14-10(13)8-5-4-7(8)9(11)12/h4-5,7-8H,2-3,6H2,1H3,(H,11,12)/p-1/t7-,8+/m0/s1. The Kier molecular flexibility index (Phi) is 3.68. The second kappa shape index (κ2) is 4.79. The minimum atomic E-state index is -1.22. The van der Waals surface area contributed by atoms with E-state index in [4.69, 9.17) is 4.74 Å². The molecule has 0 saturated heterocycles. The van der Waals surface area contributed by atoms with Gasteiger partial charge < -0.3 is 14.6 Å². The van der Waals surface area contributed by atoms with Crippen molar-refractivity contribution in [2.75, 3.05) is 6.61 Å². The molecule has 2 atom stereocenters. The molecular formula is C10H13O4-. The Morgan fingerprint density at radius 2 is 2.00 bits per heavy atom. The zero-order valence-electron chi connectivity index (χ0n) is 8.06. The molecule has 14 heavy (non-hydrogen) atoms. The number of carboxylic acids is 1. The van der Waals surface area contributed by atoms with E-state index in [1.807, 2.05) is 6.92 Å². The Morgan fingerprint density at radius 1 is 1.36 bits per heavy atom. The van der Waals surface area contributed by atoms with Crippen LogP contribution < -0.4 is 5.11 Å². The molecule has 0 bridgehead atoms. The molecule has 0 radical (unpaired) electrons. The summed E-state index contributed by atoms with van der Waals surface area (Å²) >= 11 is 0. The SMILES string of the molecule is CCCCOC(=O)[C@@H]1C=C[C@@H]1C(=O)[O-]. The number of hydrogen-bond acceptors (Lipinski definition) is 4. The van der Waals surface area contributed by atoms with Crippen LogP contribution in [0.4, 0.5) is 0 Å². The van der Waals surface area contributed by atoms with Crippen LogP contribution in [0, 0.1) is 11.8 Å². The van der Waals surface area contributed by atoms with Gasteiger partial charge in [-0.1, -0.05) is 25.5 Å². The van der Waals surface area contributed by atoms with Gasteiger partial charge in [0.2, 0.25) is 0 Å². The predicted molar refractivity (Wildman–Crippen MR) is 47.0 cm³/mol. The molecule has 0 unspecified atom stereocenters. The maximum Gasteiger partial charge on any atom is 0.313 e. The van der Waals surface area contributed by atoms with Crippen LogP contribution >= 0.6 is 0 Å². The van der Waals surface area contributed by atoms with Gasteiger partial charge in [0.25, 0.3) is 0 Å². The van der Waals surface area contributed by atoms with Gasteiger partial charge in [0.1, 0.15) is 0 Å². The van der Waals surface area contributed by atoms with Crippen molar-refractivity contribution in [2.45, 2.75) is 19.8 Å². The van der Waals surface area contributed by atoms with Crippen LogP contribution in [0.2, 0.25) is 0 Å². The molecule has 78 valence electrons. The monoisotopic (exact) mass is 197 g/mol. The Morgan fingerprint density at radius 3 is 2.43 bits per heavy atom. The quantitative estimate of drug-likeness (QED) is 0.350. The van der Waals surface area contributed by atoms with Gasteiger partial charge in [0, 0.05) is 11.9 Å². The summed E-state index contributed by atoms with van der Waals surface area (Å²) < 4.78 is 4.89. The summed E-state index contributed by atoms with van der Waals surface area (Å²) in [5.41, 5.74) is 0. The third-order valence-corrected chi connectivity index (χ3v) is 2.20. The lowest BCUT2D eigenvalue weighted by molar-refractivity contribution is -0.311. The number of carboxylic acid groups (broad SMARTS) is 1. The minimum absolute atomic E-state index is 0.361. The fourth-order valence-corrected chi connectivity index (χ4v) is 1.20. The fourth-order valence-electron chi connectivity index (χ4n) is 1.20. The van der Waals surface area contributed by atoms with Crippen LogP contribution in [0.1, 0.15) is 19.8 Å². The molecule has 4 heteroatoms. The van der Waals surface area contributed by atoms with Crippen LogP contribution in [-0.4, -0.2) is 18.5 Å². The zero-order valence-corrected chi connectivity index (χ0v) is 8.06. The molecule has 4 nitrogen and oxygen atoms in total. The van der Waals surface area contributed by atoms with E-state index in [1.165, 1.54) is 12.2 Å². The summed E-state index contributed by atoms with van der Waals surface area (Å²) in [5, 5.41) is 10.5. The van der Waals surface area contributed by atoms with Crippen LogP contribution in [-0.2, 0) is 14.3 Å². The van der Waals surface area contributed by atoms with E-state index in [-0.39, 0.29) is 0 Å². The van der Waals surface area contributed by atoms with Gasteiger partial charge >= 0.3 is 5.97 Å². The lowest BCUT2D eigenvalue weighted by Gasteiger charge is -2.28. The summed E-state index contributed by atoms with van der Waals surface area (Å²) in [5.74, 6) is -3.12. The van der Waals surface area contributed by atoms with Crippen LogP contribution in [0.25, 0.3) is 0 Å². The third kappa shape index (κ3) is 2.34. The first-order chi connectivity index (χ1) is 6.66. The molecule has 0 saturated carbocycles. The number of hydrogen-bond donors (Lipinski definition) is 0. The molecule has 0 heterocycles. The highest BCUT2D eigenvalue weighted by atomic mass is 16.5. The van der Waals surface area contributed by atoms with Crippen molar-refractivity contribution in [3.63, 3.8) is 0 Å². The van der Waals surface area contributed by atoms with Crippen LogP contribution in [0.15, 0.2) is 12.2 Å². The largest absolute Gasteiger partial charge is 0.549 e. The summed E-state index contributed by atoms with van der Waals surface area (Å²) in [7, 11) is 0. The van der Waals surface area contributed by atoms with Gasteiger partial charge in [0.05, 0.1) is 12.5 Å². The molecule has 0 N–H and O–H groups in total. The highest BCUT2D eigenvalue weighted by molar-refractivity contribution is 5.85. The molecule has 0 aromatic heterocycles. The Bertz CT molecular complexity index is 257. The van der Waals surface area contributed by atoms with Crippen molar-refractivity contribution >= 4 is 11.9 Å². The normalized spacial score (nSPS) is 24.1. The highest BCUT2D eigenvalue weighted by Crippen LogP contribution is 2.26. The molecule has 0 aliphatic heterocycles. The van der Waals surface area contributed by atoms with Crippen LogP contribution in [0.3, 0.4) is 0 Å². The maximum atomic E-state index is 11.3. The minimum Gasteiger partial charge on any atom is -0.549 e. The Labute approximate surface area is 82.6 Å². The topological polar surface area (TPSA) is 66.4 Å². The number of ether oxygens (including phenoxy) is 1. The van der Waals surface area contributed by atoms with Crippen molar-refractivity contribution in [3.8, 4) is 0 Å². The van der Waals surface area contributed by atoms with E-state index in [1.54, 1.807) is 0 Å². The molecular weight excluding hydrogens is 184 g/mol. The zero-order chi connectivity index (χ0) is 10.6. The summed E-state index contributed by atoms with van der Waals surface area (Å²) in [6.07, 6.45) is 4.73. The highest BCUT2D eigenvalue weighted by Gasteiger charge is 2.32. The first kappa shape index (κ1) is 10.8. The summed E-state index contributed by atoms with van der Waals surface area (Å²) in [6, 6.07) is 0. The number of rotatable bonds is 5. The van der Waals surface area contributed by atoms with Crippen molar-refractivity contribution < 1.29 is 19.4 Å².